The van der Waals surface area contributed by atoms with Gasteiger partial charge in [0.2, 0.25) is 0 Å². The molecule has 0 saturated heterocycles. The quantitative estimate of drug-likeness (QED) is 0.793. The van der Waals surface area contributed by atoms with Crippen molar-refractivity contribution in [2.75, 3.05) is 11.1 Å². The Balaban J connectivity index is 2.22. The van der Waals surface area contributed by atoms with Crippen molar-refractivity contribution >= 4 is 22.7 Å². The fraction of sp³-hybridized carbons (Fsp3) is 0.286. The molecule has 0 fully saturated rings. The van der Waals surface area contributed by atoms with Crippen LogP contribution in [-0.4, -0.2) is 0 Å². The van der Waals surface area contributed by atoms with Crippen LogP contribution in [0.5, 0.6) is 0 Å². The number of thiophene rings is 1. The van der Waals surface area contributed by atoms with E-state index in [1.165, 1.54) is 4.88 Å². The summed E-state index contributed by atoms with van der Waals surface area (Å²) in [6.45, 7) is 4.22. The summed E-state index contributed by atoms with van der Waals surface area (Å²) in [5, 5.41) is 5.64. The highest BCUT2D eigenvalue weighted by atomic mass is 32.1. The third-order valence-electron chi connectivity index (χ3n) is 2.95. The van der Waals surface area contributed by atoms with Gasteiger partial charge >= 0.3 is 0 Å². The summed E-state index contributed by atoms with van der Waals surface area (Å²) < 4.78 is 0. The van der Waals surface area contributed by atoms with Gasteiger partial charge in [-0.25, -0.2) is 0 Å². The van der Waals surface area contributed by atoms with Crippen molar-refractivity contribution in [1.29, 1.82) is 0 Å². The lowest BCUT2D eigenvalue weighted by atomic mass is 10.1. The predicted molar refractivity (Wildman–Crippen MR) is 76.6 cm³/mol. The molecular weight excluding hydrogens is 228 g/mol. The predicted octanol–water partition coefficient (Wildman–Crippen LogP) is 4.20. The van der Waals surface area contributed by atoms with Gasteiger partial charge in [-0.2, -0.15) is 0 Å². The lowest BCUT2D eigenvalue weighted by molar-refractivity contribution is 0.764. The van der Waals surface area contributed by atoms with Gasteiger partial charge in [0.25, 0.3) is 0 Å². The summed E-state index contributed by atoms with van der Waals surface area (Å²) in [5.41, 5.74) is 9.08. The van der Waals surface area contributed by atoms with Crippen LogP contribution in [0.15, 0.2) is 35.7 Å². The number of rotatable bonds is 4. The summed E-state index contributed by atoms with van der Waals surface area (Å²) in [5.74, 6) is 0. The van der Waals surface area contributed by atoms with Gasteiger partial charge in [-0.15, -0.1) is 11.3 Å². The van der Waals surface area contributed by atoms with Gasteiger partial charge in [-0.1, -0.05) is 25.1 Å². The molecule has 90 valence electrons. The minimum Gasteiger partial charge on any atom is -0.397 e. The molecule has 1 atom stereocenters. The third kappa shape index (κ3) is 2.61. The zero-order chi connectivity index (χ0) is 12.3. The Morgan fingerprint density at radius 3 is 2.76 bits per heavy atom. The van der Waals surface area contributed by atoms with E-state index in [0.717, 1.165) is 23.4 Å². The fourth-order valence-electron chi connectivity index (χ4n) is 1.86. The summed E-state index contributed by atoms with van der Waals surface area (Å²) >= 11 is 1.78. The van der Waals surface area contributed by atoms with Crippen LogP contribution < -0.4 is 11.1 Å². The largest absolute Gasteiger partial charge is 0.397 e. The number of hydrogen-bond donors (Lipinski definition) is 2. The number of nitrogen functional groups attached to an aromatic ring is 1. The van der Waals surface area contributed by atoms with E-state index in [0.29, 0.717) is 6.04 Å². The standard InChI is InChI=1S/C14H18N2S/c1-3-11(13-8-5-9-17-13)16-12-7-4-6-10(2)14(12)15/h4-9,11,16H,3,15H2,1-2H3. The van der Waals surface area contributed by atoms with Gasteiger partial charge in [0.15, 0.2) is 0 Å². The molecular formula is C14H18N2S. The highest BCUT2D eigenvalue weighted by Gasteiger charge is 2.11. The second-order valence-corrected chi connectivity index (χ2v) is 5.14. The lowest BCUT2D eigenvalue weighted by Crippen LogP contribution is -2.10. The van der Waals surface area contributed by atoms with Crippen LogP contribution in [0.4, 0.5) is 11.4 Å². The normalized spacial score (nSPS) is 12.4. The van der Waals surface area contributed by atoms with Crippen molar-refractivity contribution in [2.45, 2.75) is 26.3 Å². The van der Waals surface area contributed by atoms with Crippen LogP contribution in [-0.2, 0) is 0 Å². The Labute approximate surface area is 106 Å². The van der Waals surface area contributed by atoms with Gasteiger partial charge in [0, 0.05) is 4.88 Å². The first-order chi connectivity index (χ1) is 8.22. The minimum absolute atomic E-state index is 0.346. The Morgan fingerprint density at radius 1 is 1.29 bits per heavy atom. The Hall–Kier alpha value is -1.48. The maximum absolute atomic E-state index is 6.08. The molecule has 0 spiro atoms. The summed E-state index contributed by atoms with van der Waals surface area (Å²) in [7, 11) is 0. The Bertz CT molecular complexity index is 477. The minimum atomic E-state index is 0.346. The van der Waals surface area contributed by atoms with Gasteiger partial charge in [0.05, 0.1) is 17.4 Å². The summed E-state index contributed by atoms with van der Waals surface area (Å²) in [6, 6.07) is 10.7. The average molecular weight is 246 g/mol. The maximum atomic E-state index is 6.08. The van der Waals surface area contributed by atoms with Crippen LogP contribution in [0.3, 0.4) is 0 Å². The molecule has 2 nitrogen and oxygen atoms in total. The van der Waals surface area contributed by atoms with E-state index in [1.54, 1.807) is 11.3 Å². The zero-order valence-electron chi connectivity index (χ0n) is 10.2. The molecule has 2 aromatic rings. The molecule has 1 unspecified atom stereocenters. The molecule has 17 heavy (non-hydrogen) atoms. The number of nitrogens with one attached hydrogen (secondary N) is 1. The van der Waals surface area contributed by atoms with Gasteiger partial charge in [0.1, 0.15) is 0 Å². The summed E-state index contributed by atoms with van der Waals surface area (Å²) in [6.07, 6.45) is 1.05. The van der Waals surface area contributed by atoms with E-state index in [1.807, 2.05) is 25.1 Å². The molecule has 2 rings (SSSR count). The van der Waals surface area contributed by atoms with E-state index in [2.05, 4.69) is 29.8 Å². The second kappa shape index (κ2) is 5.23. The van der Waals surface area contributed by atoms with Crippen molar-refractivity contribution in [2.24, 2.45) is 0 Å². The monoisotopic (exact) mass is 246 g/mol. The van der Waals surface area contributed by atoms with E-state index in [9.17, 15) is 0 Å². The Morgan fingerprint density at radius 2 is 2.12 bits per heavy atom. The molecule has 0 saturated carbocycles. The van der Waals surface area contributed by atoms with Gasteiger partial charge in [-0.05, 0) is 36.4 Å². The Kier molecular flexibility index (Phi) is 3.69. The molecule has 1 heterocycles. The van der Waals surface area contributed by atoms with Crippen molar-refractivity contribution in [3.05, 3.63) is 46.2 Å². The number of para-hydroxylation sites is 1. The van der Waals surface area contributed by atoms with E-state index >= 15 is 0 Å². The number of hydrogen-bond acceptors (Lipinski definition) is 3. The molecule has 3 N–H and O–H groups in total. The van der Waals surface area contributed by atoms with Crippen LogP contribution in [0.25, 0.3) is 0 Å². The lowest BCUT2D eigenvalue weighted by Gasteiger charge is -2.19. The second-order valence-electron chi connectivity index (χ2n) is 4.16. The molecule has 1 aromatic heterocycles. The number of nitrogens with two attached hydrogens (primary N) is 1. The van der Waals surface area contributed by atoms with Crippen molar-refractivity contribution in [3.63, 3.8) is 0 Å². The van der Waals surface area contributed by atoms with Crippen LogP contribution >= 0.6 is 11.3 Å². The van der Waals surface area contributed by atoms with Crippen LogP contribution in [0, 0.1) is 6.92 Å². The smallest absolute Gasteiger partial charge is 0.0604 e. The molecule has 0 aliphatic heterocycles. The van der Waals surface area contributed by atoms with Crippen molar-refractivity contribution in [1.82, 2.24) is 0 Å². The van der Waals surface area contributed by atoms with Gasteiger partial charge in [-0.3, -0.25) is 0 Å². The highest BCUT2D eigenvalue weighted by molar-refractivity contribution is 7.10. The summed E-state index contributed by atoms with van der Waals surface area (Å²) in [4.78, 5) is 1.36. The molecule has 3 heteroatoms. The van der Waals surface area contributed by atoms with E-state index in [4.69, 9.17) is 5.73 Å². The first kappa shape index (κ1) is 12.0. The molecule has 0 radical (unpaired) electrons. The van der Waals surface area contributed by atoms with Crippen LogP contribution in [0.1, 0.15) is 29.8 Å². The van der Waals surface area contributed by atoms with Crippen molar-refractivity contribution < 1.29 is 0 Å². The SMILES string of the molecule is CCC(Nc1cccc(C)c1N)c1cccs1. The third-order valence-corrected chi connectivity index (χ3v) is 3.93. The zero-order valence-corrected chi connectivity index (χ0v) is 11.1. The van der Waals surface area contributed by atoms with E-state index in [-0.39, 0.29) is 0 Å². The molecule has 0 bridgehead atoms. The first-order valence-corrected chi connectivity index (χ1v) is 6.75. The highest BCUT2D eigenvalue weighted by Crippen LogP contribution is 2.30. The van der Waals surface area contributed by atoms with Crippen LogP contribution in [0.2, 0.25) is 0 Å². The fourth-order valence-corrected chi connectivity index (χ4v) is 2.72. The average Bonchev–Trinajstić information content (AvgIpc) is 2.85. The van der Waals surface area contributed by atoms with E-state index < -0.39 is 0 Å². The van der Waals surface area contributed by atoms with Crippen molar-refractivity contribution in [3.8, 4) is 0 Å². The first-order valence-electron chi connectivity index (χ1n) is 5.87. The number of anilines is 2. The maximum Gasteiger partial charge on any atom is 0.0604 e. The molecule has 0 aliphatic rings. The number of aryl methyl sites for hydroxylation is 1. The molecule has 1 aromatic carbocycles. The molecule has 0 aliphatic carbocycles. The topological polar surface area (TPSA) is 38.0 Å². The van der Waals surface area contributed by atoms with Gasteiger partial charge < -0.3 is 11.1 Å². The number of benzene rings is 1. The molecule has 0 amide bonds.